The lowest BCUT2D eigenvalue weighted by atomic mass is 10.1. The molecule has 5 aromatic rings. The van der Waals surface area contributed by atoms with Crippen LogP contribution in [0.25, 0.3) is 27.7 Å². The van der Waals surface area contributed by atoms with Crippen LogP contribution in [0, 0.1) is 17.1 Å². The number of H-pyrrole nitrogens is 1. The maximum Gasteiger partial charge on any atom is 0.251 e. The summed E-state index contributed by atoms with van der Waals surface area (Å²) in [5.74, 6) is -0.730. The Hall–Kier alpha value is -4.48. The molecule has 0 aliphatic carbocycles. The molecule has 7 nitrogen and oxygen atoms in total. The van der Waals surface area contributed by atoms with Crippen LogP contribution in [-0.4, -0.2) is 25.9 Å². The van der Waals surface area contributed by atoms with Crippen molar-refractivity contribution in [1.29, 1.82) is 5.26 Å². The van der Waals surface area contributed by atoms with E-state index in [1.54, 1.807) is 71.8 Å². The summed E-state index contributed by atoms with van der Waals surface area (Å²) >= 11 is 6.11. The molecule has 5 rings (SSSR count). The van der Waals surface area contributed by atoms with Crippen molar-refractivity contribution >= 4 is 28.4 Å². The van der Waals surface area contributed by atoms with Gasteiger partial charge in [-0.3, -0.25) is 9.89 Å². The molecule has 0 saturated carbocycles. The average Bonchev–Trinajstić information content (AvgIpc) is 3.52. The quantitative estimate of drug-likeness (QED) is 0.377. The van der Waals surface area contributed by atoms with Gasteiger partial charge >= 0.3 is 0 Å². The zero-order valence-corrected chi connectivity index (χ0v) is 18.3. The van der Waals surface area contributed by atoms with Crippen molar-refractivity contribution in [3.05, 3.63) is 101 Å². The third-order valence-electron chi connectivity index (χ3n) is 5.45. The molecule has 0 saturated heterocycles. The van der Waals surface area contributed by atoms with Crippen molar-refractivity contribution in [3.8, 4) is 22.9 Å². The van der Waals surface area contributed by atoms with Crippen LogP contribution < -0.4 is 5.32 Å². The normalized spacial score (nSPS) is 10.9. The number of aromatic amines is 1. The van der Waals surface area contributed by atoms with Gasteiger partial charge in [0.2, 0.25) is 0 Å². The number of benzene rings is 3. The van der Waals surface area contributed by atoms with E-state index in [-0.39, 0.29) is 12.5 Å². The lowest BCUT2D eigenvalue weighted by Gasteiger charge is -2.08. The second kappa shape index (κ2) is 8.81. The molecule has 9 heteroatoms. The summed E-state index contributed by atoms with van der Waals surface area (Å²) in [6.07, 6.45) is 5.01. The van der Waals surface area contributed by atoms with Gasteiger partial charge < -0.3 is 5.32 Å². The van der Waals surface area contributed by atoms with Gasteiger partial charge in [-0.25, -0.2) is 9.07 Å². The molecule has 0 spiro atoms. The summed E-state index contributed by atoms with van der Waals surface area (Å²) < 4.78 is 16.4. The molecular formula is C25H16ClFN6O. The molecule has 1 amide bonds. The summed E-state index contributed by atoms with van der Waals surface area (Å²) in [6.45, 7) is 0.0529. The summed E-state index contributed by atoms with van der Waals surface area (Å²) in [4.78, 5) is 12.5. The van der Waals surface area contributed by atoms with E-state index in [0.29, 0.717) is 38.5 Å². The molecule has 2 N–H and O–H groups in total. The summed E-state index contributed by atoms with van der Waals surface area (Å²) in [5, 5.41) is 24.0. The first kappa shape index (κ1) is 21.4. The van der Waals surface area contributed by atoms with Gasteiger partial charge in [-0.2, -0.15) is 15.5 Å². The molecule has 0 aliphatic heterocycles. The first-order chi connectivity index (χ1) is 16.5. The van der Waals surface area contributed by atoms with Crippen molar-refractivity contribution in [2.75, 3.05) is 0 Å². The van der Waals surface area contributed by atoms with E-state index in [0.717, 1.165) is 10.9 Å². The van der Waals surface area contributed by atoms with E-state index < -0.39 is 5.82 Å². The number of rotatable bonds is 5. The predicted octanol–water partition coefficient (Wildman–Crippen LogP) is 5.01. The average molecular weight is 471 g/mol. The third-order valence-corrected chi connectivity index (χ3v) is 5.76. The molecule has 0 atom stereocenters. The number of amides is 1. The van der Waals surface area contributed by atoms with E-state index in [1.807, 2.05) is 6.07 Å². The predicted molar refractivity (Wildman–Crippen MR) is 126 cm³/mol. The molecule has 2 aromatic heterocycles. The second-order valence-corrected chi connectivity index (χ2v) is 8.02. The largest absolute Gasteiger partial charge is 0.348 e. The topological polar surface area (TPSA) is 99.4 Å². The van der Waals surface area contributed by atoms with E-state index >= 15 is 0 Å². The Kier molecular flexibility index (Phi) is 5.54. The molecule has 0 radical (unpaired) electrons. The van der Waals surface area contributed by atoms with Crippen LogP contribution >= 0.6 is 11.6 Å². The highest BCUT2D eigenvalue weighted by Crippen LogP contribution is 2.25. The number of halogens is 2. The highest BCUT2D eigenvalue weighted by molar-refractivity contribution is 6.31. The number of carbonyl (C=O) groups is 1. The van der Waals surface area contributed by atoms with Crippen LogP contribution in [-0.2, 0) is 6.54 Å². The van der Waals surface area contributed by atoms with E-state index in [9.17, 15) is 9.18 Å². The fourth-order valence-corrected chi connectivity index (χ4v) is 3.80. The smallest absolute Gasteiger partial charge is 0.251 e. The monoisotopic (exact) mass is 470 g/mol. The minimum Gasteiger partial charge on any atom is -0.348 e. The minimum atomic E-state index is -0.433. The molecule has 2 heterocycles. The lowest BCUT2D eigenvalue weighted by Crippen LogP contribution is -2.23. The molecular weight excluding hydrogens is 455 g/mol. The van der Waals surface area contributed by atoms with Crippen LogP contribution in [0.2, 0.25) is 5.02 Å². The van der Waals surface area contributed by atoms with Gasteiger partial charge in [0, 0.05) is 34.8 Å². The number of nitrogens with one attached hydrogen (secondary N) is 2. The van der Waals surface area contributed by atoms with Crippen LogP contribution in [0.3, 0.4) is 0 Å². The zero-order chi connectivity index (χ0) is 23.7. The van der Waals surface area contributed by atoms with Crippen LogP contribution in [0.1, 0.15) is 21.5 Å². The Morgan fingerprint density at radius 3 is 2.79 bits per heavy atom. The molecule has 0 bridgehead atoms. The van der Waals surface area contributed by atoms with Gasteiger partial charge in [0.15, 0.2) is 0 Å². The van der Waals surface area contributed by atoms with Gasteiger partial charge in [0.1, 0.15) is 11.9 Å². The number of aromatic nitrogens is 4. The first-order valence-electron chi connectivity index (χ1n) is 10.3. The Morgan fingerprint density at radius 2 is 2.00 bits per heavy atom. The van der Waals surface area contributed by atoms with Gasteiger partial charge in [0.05, 0.1) is 34.2 Å². The summed E-state index contributed by atoms with van der Waals surface area (Å²) in [7, 11) is 0. The number of fused-ring (bicyclic) bond motifs is 1. The summed E-state index contributed by atoms with van der Waals surface area (Å²) in [5.41, 5.74) is 4.10. The number of nitriles is 1. The Labute approximate surface area is 198 Å². The number of nitrogens with zero attached hydrogens (tertiary/aromatic N) is 4. The van der Waals surface area contributed by atoms with Crippen LogP contribution in [0.15, 0.2) is 73.2 Å². The van der Waals surface area contributed by atoms with Crippen molar-refractivity contribution in [3.63, 3.8) is 0 Å². The fourth-order valence-electron chi connectivity index (χ4n) is 3.58. The Bertz CT molecular complexity index is 1580. The van der Waals surface area contributed by atoms with Crippen molar-refractivity contribution in [1.82, 2.24) is 25.3 Å². The summed E-state index contributed by atoms with van der Waals surface area (Å²) in [6, 6.07) is 17.0. The molecule has 166 valence electrons. The van der Waals surface area contributed by atoms with E-state index in [1.165, 1.54) is 6.07 Å². The highest BCUT2D eigenvalue weighted by Gasteiger charge is 2.12. The Morgan fingerprint density at radius 1 is 1.12 bits per heavy atom. The SMILES string of the molecule is N#Cc1ccc(-n2cc(-c3ccc(CNC(=O)c4ccc5[nH]ncc5c4)c(F)c3)cn2)cc1Cl. The highest BCUT2D eigenvalue weighted by atomic mass is 35.5. The molecule has 0 aliphatic rings. The number of hydrogen-bond acceptors (Lipinski definition) is 4. The number of carbonyl (C=O) groups excluding carboxylic acids is 1. The molecule has 0 unspecified atom stereocenters. The lowest BCUT2D eigenvalue weighted by molar-refractivity contribution is 0.0950. The fraction of sp³-hybridized carbons (Fsp3) is 0.0400. The maximum absolute atomic E-state index is 14.8. The van der Waals surface area contributed by atoms with E-state index in [2.05, 4.69) is 20.6 Å². The van der Waals surface area contributed by atoms with Crippen molar-refractivity contribution in [2.24, 2.45) is 0 Å². The maximum atomic E-state index is 14.8. The van der Waals surface area contributed by atoms with Crippen molar-refractivity contribution < 1.29 is 9.18 Å². The minimum absolute atomic E-state index is 0.0529. The van der Waals surface area contributed by atoms with Crippen LogP contribution in [0.5, 0.6) is 0 Å². The zero-order valence-electron chi connectivity index (χ0n) is 17.6. The molecule has 3 aromatic carbocycles. The van der Waals surface area contributed by atoms with Gasteiger partial charge in [-0.1, -0.05) is 23.7 Å². The van der Waals surface area contributed by atoms with E-state index in [4.69, 9.17) is 16.9 Å². The van der Waals surface area contributed by atoms with Crippen molar-refractivity contribution in [2.45, 2.75) is 6.54 Å². The Balaban J connectivity index is 1.29. The van der Waals surface area contributed by atoms with Gasteiger partial charge in [-0.05, 0) is 48.0 Å². The van der Waals surface area contributed by atoms with Gasteiger partial charge in [-0.15, -0.1) is 0 Å². The first-order valence-corrected chi connectivity index (χ1v) is 10.6. The number of hydrogen-bond donors (Lipinski definition) is 2. The molecule has 0 fully saturated rings. The third kappa shape index (κ3) is 4.12. The molecule has 34 heavy (non-hydrogen) atoms. The standard InChI is InChI=1S/C25H16ClFN6O/c26-22-9-21(5-3-17(22)10-28)33-14-20(13-31-33)15-1-2-18(23(27)8-15)11-29-25(34)16-4-6-24-19(7-16)12-30-32-24/h1-9,12-14H,11H2,(H,29,34)(H,30,32). The second-order valence-electron chi connectivity index (χ2n) is 7.61. The van der Waals surface area contributed by atoms with Crippen LogP contribution in [0.4, 0.5) is 4.39 Å². The van der Waals surface area contributed by atoms with Gasteiger partial charge in [0.25, 0.3) is 5.91 Å².